The molecular formula is C18H13N5OS2. The largest absolute Gasteiger partial charge is 0.290 e. The fraction of sp³-hybridized carbons (Fsp3) is 0. The Balaban J connectivity index is 1.49. The van der Waals surface area contributed by atoms with Crippen LogP contribution in [0, 0.1) is 0 Å². The minimum absolute atomic E-state index is 0.223. The summed E-state index contributed by atoms with van der Waals surface area (Å²) in [7, 11) is 0. The number of thioether (sulfide) groups is 1. The maximum atomic E-state index is 12.1. The summed E-state index contributed by atoms with van der Waals surface area (Å²) in [5.41, 5.74) is 0.883. The molecule has 0 fully saturated rings. The maximum absolute atomic E-state index is 12.1. The second-order valence-corrected chi connectivity index (χ2v) is 7.10. The molecule has 8 heteroatoms. The lowest BCUT2D eigenvalue weighted by Crippen LogP contribution is -2.09. The molecule has 0 aliphatic heterocycles. The van der Waals surface area contributed by atoms with Crippen molar-refractivity contribution < 1.29 is 4.79 Å². The Morgan fingerprint density at radius 3 is 2.85 bits per heavy atom. The van der Waals surface area contributed by atoms with Crippen LogP contribution in [-0.2, 0) is 4.79 Å². The SMILES string of the molecule is O=C(C=CSc1ccccc1)Nc1nc2nccc(-c3cccs3)n2n1. The molecule has 0 aliphatic carbocycles. The van der Waals surface area contributed by atoms with Gasteiger partial charge in [0.15, 0.2) is 0 Å². The second kappa shape index (κ2) is 7.51. The van der Waals surface area contributed by atoms with Crippen molar-refractivity contribution in [1.29, 1.82) is 0 Å². The van der Waals surface area contributed by atoms with Crippen molar-refractivity contribution >= 4 is 40.7 Å². The van der Waals surface area contributed by atoms with Gasteiger partial charge in [0.25, 0.3) is 17.6 Å². The van der Waals surface area contributed by atoms with Crippen LogP contribution in [0.3, 0.4) is 0 Å². The van der Waals surface area contributed by atoms with Gasteiger partial charge in [-0.25, -0.2) is 4.98 Å². The highest BCUT2D eigenvalue weighted by molar-refractivity contribution is 8.02. The summed E-state index contributed by atoms with van der Waals surface area (Å²) in [6.07, 6.45) is 3.14. The van der Waals surface area contributed by atoms with Crippen LogP contribution in [0.4, 0.5) is 5.95 Å². The monoisotopic (exact) mass is 379 g/mol. The van der Waals surface area contributed by atoms with E-state index in [9.17, 15) is 4.79 Å². The molecule has 1 aromatic carbocycles. The number of carbonyl (C=O) groups excluding carboxylic acids is 1. The van der Waals surface area contributed by atoms with Crippen molar-refractivity contribution in [2.24, 2.45) is 0 Å². The number of hydrogen-bond donors (Lipinski definition) is 1. The molecule has 0 unspecified atom stereocenters. The predicted octanol–water partition coefficient (Wildman–Crippen LogP) is 4.10. The summed E-state index contributed by atoms with van der Waals surface area (Å²) in [4.78, 5) is 22.7. The molecule has 1 amide bonds. The summed E-state index contributed by atoms with van der Waals surface area (Å²) in [6.45, 7) is 0. The number of hydrogen-bond acceptors (Lipinski definition) is 6. The molecule has 0 spiro atoms. The molecule has 128 valence electrons. The first-order valence-electron chi connectivity index (χ1n) is 7.74. The van der Waals surface area contributed by atoms with Gasteiger partial charge in [-0.1, -0.05) is 36.0 Å². The highest BCUT2D eigenvalue weighted by Crippen LogP contribution is 2.24. The molecule has 4 rings (SSSR count). The zero-order valence-corrected chi connectivity index (χ0v) is 15.1. The van der Waals surface area contributed by atoms with Crippen LogP contribution in [0.1, 0.15) is 0 Å². The molecule has 0 saturated heterocycles. The lowest BCUT2D eigenvalue weighted by atomic mass is 10.3. The number of fused-ring (bicyclic) bond motifs is 1. The first-order valence-corrected chi connectivity index (χ1v) is 9.50. The van der Waals surface area contributed by atoms with Crippen molar-refractivity contribution in [3.05, 3.63) is 71.6 Å². The van der Waals surface area contributed by atoms with Crippen LogP contribution in [0.2, 0.25) is 0 Å². The first kappa shape index (κ1) is 16.5. The second-order valence-electron chi connectivity index (χ2n) is 5.18. The number of nitrogens with one attached hydrogen (secondary N) is 1. The summed E-state index contributed by atoms with van der Waals surface area (Å²) < 4.78 is 1.63. The quantitative estimate of drug-likeness (QED) is 0.417. The van der Waals surface area contributed by atoms with Gasteiger partial charge in [0.05, 0.1) is 10.6 Å². The highest BCUT2D eigenvalue weighted by Gasteiger charge is 2.11. The Labute approximate surface area is 157 Å². The molecule has 0 saturated carbocycles. The van der Waals surface area contributed by atoms with E-state index in [1.165, 1.54) is 17.8 Å². The number of nitrogens with zero attached hydrogens (tertiary/aromatic N) is 4. The molecule has 26 heavy (non-hydrogen) atoms. The van der Waals surface area contributed by atoms with Crippen molar-refractivity contribution in [3.63, 3.8) is 0 Å². The van der Waals surface area contributed by atoms with Gasteiger partial charge in [-0.05, 0) is 35.1 Å². The van der Waals surface area contributed by atoms with Crippen molar-refractivity contribution in [3.8, 4) is 10.6 Å². The molecule has 0 radical (unpaired) electrons. The van der Waals surface area contributed by atoms with Crippen LogP contribution in [0.15, 0.2) is 76.5 Å². The van der Waals surface area contributed by atoms with Crippen LogP contribution in [0.25, 0.3) is 16.3 Å². The molecule has 0 aliphatic rings. The van der Waals surface area contributed by atoms with Crippen LogP contribution in [0.5, 0.6) is 0 Å². The summed E-state index contributed by atoms with van der Waals surface area (Å²) in [5, 5.41) is 10.8. The molecule has 4 aromatic rings. The Kier molecular flexibility index (Phi) is 4.76. The molecule has 3 aromatic heterocycles. The maximum Gasteiger partial charge on any atom is 0.254 e. The number of carbonyl (C=O) groups is 1. The number of benzene rings is 1. The van der Waals surface area contributed by atoms with E-state index in [0.717, 1.165) is 15.5 Å². The van der Waals surface area contributed by atoms with Gasteiger partial charge in [0.1, 0.15) is 0 Å². The summed E-state index contributed by atoms with van der Waals surface area (Å²) in [5.74, 6) is 0.372. The van der Waals surface area contributed by atoms with Gasteiger partial charge < -0.3 is 0 Å². The van der Waals surface area contributed by atoms with Crippen molar-refractivity contribution in [2.75, 3.05) is 5.32 Å². The predicted molar refractivity (Wildman–Crippen MR) is 104 cm³/mol. The minimum atomic E-state index is -0.290. The van der Waals surface area contributed by atoms with Crippen LogP contribution >= 0.6 is 23.1 Å². The Bertz CT molecular complexity index is 1060. The van der Waals surface area contributed by atoms with Gasteiger partial charge >= 0.3 is 0 Å². The van der Waals surface area contributed by atoms with E-state index in [1.54, 1.807) is 27.5 Å². The normalized spacial score (nSPS) is 11.2. The lowest BCUT2D eigenvalue weighted by Gasteiger charge is -1.99. The lowest BCUT2D eigenvalue weighted by molar-refractivity contribution is -0.111. The Hall–Kier alpha value is -2.97. The van der Waals surface area contributed by atoms with Crippen molar-refractivity contribution in [1.82, 2.24) is 19.6 Å². The molecular weight excluding hydrogens is 366 g/mol. The molecule has 3 heterocycles. The van der Waals surface area contributed by atoms with E-state index in [2.05, 4.69) is 20.4 Å². The minimum Gasteiger partial charge on any atom is -0.290 e. The third-order valence-corrected chi connectivity index (χ3v) is 5.12. The molecule has 1 N–H and O–H groups in total. The Morgan fingerprint density at radius 1 is 1.15 bits per heavy atom. The zero-order valence-electron chi connectivity index (χ0n) is 13.4. The van der Waals surface area contributed by atoms with Gasteiger partial charge in [-0.3, -0.25) is 10.1 Å². The van der Waals surface area contributed by atoms with E-state index in [0.29, 0.717) is 5.78 Å². The average molecular weight is 379 g/mol. The zero-order chi connectivity index (χ0) is 17.8. The number of thiophene rings is 1. The van der Waals surface area contributed by atoms with E-state index < -0.39 is 0 Å². The van der Waals surface area contributed by atoms with Gasteiger partial charge in [0.2, 0.25) is 0 Å². The number of aromatic nitrogens is 4. The van der Waals surface area contributed by atoms with Crippen LogP contribution < -0.4 is 5.32 Å². The van der Waals surface area contributed by atoms with Gasteiger partial charge in [0, 0.05) is 17.2 Å². The Morgan fingerprint density at radius 2 is 2.04 bits per heavy atom. The molecule has 6 nitrogen and oxygen atoms in total. The van der Waals surface area contributed by atoms with E-state index in [-0.39, 0.29) is 11.9 Å². The fourth-order valence-corrected chi connectivity index (χ4v) is 3.68. The molecule has 0 bridgehead atoms. The average Bonchev–Trinajstić information content (AvgIpc) is 3.31. The standard InChI is InChI=1S/C18H13N5OS2/c24-16(9-12-25-13-5-2-1-3-6-13)20-17-21-18-19-10-8-14(23(18)22-17)15-7-4-11-26-15/h1-12H,(H,20,22,24). The number of amides is 1. The first-order chi connectivity index (χ1) is 12.8. The topological polar surface area (TPSA) is 72.2 Å². The fourth-order valence-electron chi connectivity index (χ4n) is 2.28. The van der Waals surface area contributed by atoms with E-state index >= 15 is 0 Å². The van der Waals surface area contributed by atoms with Crippen molar-refractivity contribution in [2.45, 2.75) is 4.90 Å². The van der Waals surface area contributed by atoms with E-state index in [1.807, 2.05) is 53.9 Å². The number of rotatable bonds is 5. The van der Waals surface area contributed by atoms with Crippen LogP contribution in [-0.4, -0.2) is 25.5 Å². The molecule has 0 atom stereocenters. The summed E-state index contributed by atoms with van der Waals surface area (Å²) >= 11 is 3.07. The highest BCUT2D eigenvalue weighted by atomic mass is 32.2. The van der Waals surface area contributed by atoms with E-state index in [4.69, 9.17) is 0 Å². The van der Waals surface area contributed by atoms with Gasteiger partial charge in [-0.2, -0.15) is 9.50 Å². The third kappa shape index (κ3) is 3.66. The summed E-state index contributed by atoms with van der Waals surface area (Å²) in [6, 6.07) is 15.7. The number of anilines is 1. The smallest absolute Gasteiger partial charge is 0.254 e. The van der Waals surface area contributed by atoms with Gasteiger partial charge in [-0.15, -0.1) is 16.4 Å². The third-order valence-electron chi connectivity index (χ3n) is 3.42.